The summed E-state index contributed by atoms with van der Waals surface area (Å²) >= 11 is 0. The molecular formula is C10H17N3O2. The number of rotatable bonds is 3. The summed E-state index contributed by atoms with van der Waals surface area (Å²) in [5.74, 6) is -0.0158. The van der Waals surface area contributed by atoms with Crippen LogP contribution in [0.2, 0.25) is 0 Å². The maximum absolute atomic E-state index is 11.6. The van der Waals surface area contributed by atoms with Gasteiger partial charge in [-0.05, 0) is 19.8 Å². The maximum Gasteiger partial charge on any atom is 0.236 e. The normalized spacial score (nSPS) is 28.0. The maximum atomic E-state index is 11.6. The lowest BCUT2D eigenvalue weighted by molar-refractivity contribution is -0.128. The molecule has 5 nitrogen and oxygen atoms in total. The lowest BCUT2D eigenvalue weighted by Crippen LogP contribution is -2.45. The molecule has 15 heavy (non-hydrogen) atoms. The van der Waals surface area contributed by atoms with Gasteiger partial charge in [0.1, 0.15) is 0 Å². The molecule has 1 heterocycles. The molecule has 1 aliphatic heterocycles. The summed E-state index contributed by atoms with van der Waals surface area (Å²) in [6.45, 7) is 2.30. The first-order chi connectivity index (χ1) is 7.08. The SMILES string of the molecule is C[C@@H](N)C(=O)NC1CC(=O)N(C2CC2)C1. The smallest absolute Gasteiger partial charge is 0.236 e. The highest BCUT2D eigenvalue weighted by atomic mass is 16.2. The molecule has 2 aliphatic rings. The molecule has 1 aliphatic carbocycles. The van der Waals surface area contributed by atoms with Crippen LogP contribution in [-0.4, -0.2) is 41.4 Å². The summed E-state index contributed by atoms with van der Waals surface area (Å²) in [7, 11) is 0. The van der Waals surface area contributed by atoms with Crippen molar-refractivity contribution in [3.8, 4) is 0 Å². The van der Waals surface area contributed by atoms with E-state index in [9.17, 15) is 9.59 Å². The van der Waals surface area contributed by atoms with Crippen LogP contribution in [0.5, 0.6) is 0 Å². The highest BCUT2D eigenvalue weighted by Crippen LogP contribution is 2.30. The van der Waals surface area contributed by atoms with E-state index >= 15 is 0 Å². The lowest BCUT2D eigenvalue weighted by atomic mass is 10.2. The minimum atomic E-state index is -0.505. The number of likely N-dealkylation sites (tertiary alicyclic amines) is 1. The van der Waals surface area contributed by atoms with E-state index in [2.05, 4.69) is 5.32 Å². The largest absolute Gasteiger partial charge is 0.350 e. The molecule has 0 aromatic rings. The van der Waals surface area contributed by atoms with E-state index in [4.69, 9.17) is 5.73 Å². The van der Waals surface area contributed by atoms with Gasteiger partial charge in [0.2, 0.25) is 11.8 Å². The number of nitrogens with two attached hydrogens (primary N) is 1. The van der Waals surface area contributed by atoms with E-state index in [1.807, 2.05) is 4.90 Å². The fraction of sp³-hybridized carbons (Fsp3) is 0.800. The first kappa shape index (κ1) is 10.4. The van der Waals surface area contributed by atoms with E-state index in [0.717, 1.165) is 12.8 Å². The summed E-state index contributed by atoms with van der Waals surface area (Å²) < 4.78 is 0. The number of carbonyl (C=O) groups is 2. The van der Waals surface area contributed by atoms with Crippen molar-refractivity contribution in [2.75, 3.05) is 6.54 Å². The zero-order valence-corrected chi connectivity index (χ0v) is 8.90. The van der Waals surface area contributed by atoms with Gasteiger partial charge >= 0.3 is 0 Å². The van der Waals surface area contributed by atoms with Gasteiger partial charge in [0, 0.05) is 19.0 Å². The van der Waals surface area contributed by atoms with Crippen LogP contribution in [0.15, 0.2) is 0 Å². The van der Waals surface area contributed by atoms with Crippen molar-refractivity contribution >= 4 is 11.8 Å². The van der Waals surface area contributed by atoms with E-state index in [0.29, 0.717) is 19.0 Å². The van der Waals surface area contributed by atoms with Crippen LogP contribution in [0.25, 0.3) is 0 Å². The molecular weight excluding hydrogens is 194 g/mol. The number of hydrogen-bond acceptors (Lipinski definition) is 3. The fourth-order valence-corrected chi connectivity index (χ4v) is 1.90. The van der Waals surface area contributed by atoms with Gasteiger partial charge in [-0.15, -0.1) is 0 Å². The second-order valence-electron chi connectivity index (χ2n) is 4.48. The van der Waals surface area contributed by atoms with Gasteiger partial charge in [-0.2, -0.15) is 0 Å². The molecule has 0 radical (unpaired) electrons. The molecule has 3 N–H and O–H groups in total. The lowest BCUT2D eigenvalue weighted by Gasteiger charge is -2.16. The van der Waals surface area contributed by atoms with Crippen molar-refractivity contribution in [3.05, 3.63) is 0 Å². The molecule has 2 amide bonds. The number of amides is 2. The number of nitrogens with one attached hydrogen (secondary N) is 1. The van der Waals surface area contributed by atoms with Crippen molar-refractivity contribution in [3.63, 3.8) is 0 Å². The van der Waals surface area contributed by atoms with Crippen LogP contribution >= 0.6 is 0 Å². The molecule has 2 fully saturated rings. The molecule has 2 atom stereocenters. The molecule has 1 saturated carbocycles. The Balaban J connectivity index is 1.85. The minimum Gasteiger partial charge on any atom is -0.350 e. The topological polar surface area (TPSA) is 75.4 Å². The summed E-state index contributed by atoms with van der Waals surface area (Å²) in [6.07, 6.45) is 2.65. The second-order valence-corrected chi connectivity index (χ2v) is 4.48. The highest BCUT2D eigenvalue weighted by Gasteiger charge is 2.39. The average Bonchev–Trinajstić information content (AvgIpc) is 2.92. The van der Waals surface area contributed by atoms with Gasteiger partial charge in [-0.1, -0.05) is 0 Å². The Morgan fingerprint density at radius 2 is 2.27 bits per heavy atom. The molecule has 1 saturated heterocycles. The quantitative estimate of drug-likeness (QED) is 0.642. The van der Waals surface area contributed by atoms with E-state index in [1.54, 1.807) is 6.92 Å². The number of nitrogens with zero attached hydrogens (tertiary/aromatic N) is 1. The molecule has 84 valence electrons. The van der Waals surface area contributed by atoms with E-state index in [-0.39, 0.29) is 17.9 Å². The van der Waals surface area contributed by atoms with Crippen molar-refractivity contribution in [2.24, 2.45) is 5.73 Å². The van der Waals surface area contributed by atoms with Gasteiger partial charge < -0.3 is 16.0 Å². The standard InChI is InChI=1S/C10H17N3O2/c1-6(11)10(15)12-7-4-9(14)13(5-7)8-2-3-8/h6-8H,2-5,11H2,1H3,(H,12,15)/t6-,7?/m1/s1. The van der Waals surface area contributed by atoms with Crippen LogP contribution in [0, 0.1) is 0 Å². The van der Waals surface area contributed by atoms with Crippen LogP contribution in [0.3, 0.4) is 0 Å². The first-order valence-electron chi connectivity index (χ1n) is 5.43. The van der Waals surface area contributed by atoms with E-state index < -0.39 is 6.04 Å². The third-order valence-electron chi connectivity index (χ3n) is 2.91. The molecule has 0 bridgehead atoms. The van der Waals surface area contributed by atoms with Gasteiger partial charge in [0.05, 0.1) is 12.1 Å². The molecule has 0 spiro atoms. The van der Waals surface area contributed by atoms with Gasteiger partial charge in [-0.3, -0.25) is 9.59 Å². The first-order valence-corrected chi connectivity index (χ1v) is 5.43. The summed E-state index contributed by atoms with van der Waals surface area (Å²) in [5.41, 5.74) is 5.44. The Morgan fingerprint density at radius 3 is 2.80 bits per heavy atom. The van der Waals surface area contributed by atoms with Crippen LogP contribution in [0.4, 0.5) is 0 Å². The summed E-state index contributed by atoms with van der Waals surface area (Å²) in [5, 5.41) is 2.79. The predicted octanol–water partition coefficient (Wildman–Crippen LogP) is -0.787. The summed E-state index contributed by atoms with van der Waals surface area (Å²) in [4.78, 5) is 24.8. The van der Waals surface area contributed by atoms with Crippen LogP contribution < -0.4 is 11.1 Å². The van der Waals surface area contributed by atoms with Crippen molar-refractivity contribution in [1.82, 2.24) is 10.2 Å². The average molecular weight is 211 g/mol. The highest BCUT2D eigenvalue weighted by molar-refractivity contribution is 5.84. The Labute approximate surface area is 89.0 Å². The third-order valence-corrected chi connectivity index (χ3v) is 2.91. The zero-order valence-electron chi connectivity index (χ0n) is 8.90. The third kappa shape index (κ3) is 2.28. The number of carbonyl (C=O) groups excluding carboxylic acids is 2. The minimum absolute atomic E-state index is 0.0448. The van der Waals surface area contributed by atoms with Gasteiger partial charge in [-0.25, -0.2) is 0 Å². The van der Waals surface area contributed by atoms with E-state index in [1.165, 1.54) is 0 Å². The Bertz CT molecular complexity index is 286. The Hall–Kier alpha value is -1.10. The van der Waals surface area contributed by atoms with Crippen molar-refractivity contribution in [1.29, 1.82) is 0 Å². The molecule has 0 aromatic heterocycles. The van der Waals surface area contributed by atoms with Gasteiger partial charge in [0.15, 0.2) is 0 Å². The Kier molecular flexibility index (Phi) is 2.65. The molecule has 5 heteroatoms. The summed E-state index contributed by atoms with van der Waals surface area (Å²) in [6, 6.07) is -0.110. The van der Waals surface area contributed by atoms with Crippen molar-refractivity contribution < 1.29 is 9.59 Å². The number of hydrogen-bond donors (Lipinski definition) is 2. The second kappa shape index (κ2) is 3.81. The Morgan fingerprint density at radius 1 is 1.60 bits per heavy atom. The van der Waals surface area contributed by atoms with Crippen LogP contribution in [-0.2, 0) is 9.59 Å². The van der Waals surface area contributed by atoms with Crippen LogP contribution in [0.1, 0.15) is 26.2 Å². The zero-order chi connectivity index (χ0) is 11.0. The molecule has 1 unspecified atom stereocenters. The molecule has 2 rings (SSSR count). The fourth-order valence-electron chi connectivity index (χ4n) is 1.90. The van der Waals surface area contributed by atoms with Gasteiger partial charge in [0.25, 0.3) is 0 Å². The van der Waals surface area contributed by atoms with Crippen molar-refractivity contribution in [2.45, 2.75) is 44.3 Å². The molecule has 0 aromatic carbocycles. The predicted molar refractivity (Wildman–Crippen MR) is 54.9 cm³/mol. The monoisotopic (exact) mass is 211 g/mol.